The number of hydrogen-bond acceptors (Lipinski definition) is 4. The average molecular weight is 396 g/mol. The predicted molar refractivity (Wildman–Crippen MR) is 109 cm³/mol. The first-order valence-corrected chi connectivity index (χ1v) is 10.2. The van der Waals surface area contributed by atoms with Gasteiger partial charge in [0.1, 0.15) is 0 Å². The fourth-order valence-electron chi connectivity index (χ4n) is 3.06. The lowest BCUT2D eigenvalue weighted by molar-refractivity contribution is -0.384. The van der Waals surface area contributed by atoms with E-state index in [9.17, 15) is 18.5 Å². The van der Waals surface area contributed by atoms with Crippen molar-refractivity contribution in [3.63, 3.8) is 0 Å². The Morgan fingerprint density at radius 2 is 1.57 bits per heavy atom. The highest BCUT2D eigenvalue weighted by Crippen LogP contribution is 2.33. The number of nitrogens with zero attached hydrogens (tertiary/aromatic N) is 2. The molecule has 144 valence electrons. The Balaban J connectivity index is 2.11. The van der Waals surface area contributed by atoms with Crippen molar-refractivity contribution in [2.24, 2.45) is 0 Å². The molecule has 0 heterocycles. The zero-order valence-electron chi connectivity index (χ0n) is 15.5. The third kappa shape index (κ3) is 3.89. The molecule has 0 saturated carbocycles. The molecule has 28 heavy (non-hydrogen) atoms. The van der Waals surface area contributed by atoms with Gasteiger partial charge in [0.05, 0.1) is 21.5 Å². The summed E-state index contributed by atoms with van der Waals surface area (Å²) in [5, 5.41) is 10.9. The van der Waals surface area contributed by atoms with Gasteiger partial charge in [-0.15, -0.1) is 0 Å². The summed E-state index contributed by atoms with van der Waals surface area (Å²) >= 11 is 0. The van der Waals surface area contributed by atoms with Crippen LogP contribution in [0.4, 0.5) is 11.4 Å². The average Bonchev–Trinajstić information content (AvgIpc) is 2.69. The molecule has 7 heteroatoms. The molecule has 0 aliphatic carbocycles. The highest BCUT2D eigenvalue weighted by atomic mass is 32.2. The fraction of sp³-hybridized carbons (Fsp3) is 0.143. The van der Waals surface area contributed by atoms with Crippen LogP contribution in [0.5, 0.6) is 0 Å². The van der Waals surface area contributed by atoms with Gasteiger partial charge in [0, 0.05) is 12.1 Å². The molecule has 0 unspecified atom stereocenters. The molecular weight excluding hydrogens is 376 g/mol. The van der Waals surface area contributed by atoms with Crippen LogP contribution in [0.3, 0.4) is 0 Å². The summed E-state index contributed by atoms with van der Waals surface area (Å²) in [5.41, 5.74) is 2.26. The highest BCUT2D eigenvalue weighted by Gasteiger charge is 2.30. The van der Waals surface area contributed by atoms with Crippen molar-refractivity contribution in [2.45, 2.75) is 24.8 Å². The molecule has 0 N–H and O–H groups in total. The molecule has 0 amide bonds. The number of rotatable bonds is 6. The van der Waals surface area contributed by atoms with Crippen LogP contribution in [-0.4, -0.2) is 13.3 Å². The Labute approximate surface area is 164 Å². The van der Waals surface area contributed by atoms with Crippen LogP contribution in [0.25, 0.3) is 0 Å². The number of nitro groups is 1. The Morgan fingerprint density at radius 1 is 0.929 bits per heavy atom. The third-order valence-electron chi connectivity index (χ3n) is 4.49. The zero-order chi connectivity index (χ0) is 20.3. The smallest absolute Gasteiger partial charge is 0.259 e. The lowest BCUT2D eigenvalue weighted by Gasteiger charge is -2.31. The SMILES string of the molecule is Cc1cccc([C@@H](C)N(c2ccccc2)S(=O)(=O)c2ccc([N+](=O)[O-])cc2)c1. The number of hydrogen-bond donors (Lipinski definition) is 0. The molecular formula is C21H20N2O4S. The van der Waals surface area contributed by atoms with Gasteiger partial charge >= 0.3 is 0 Å². The maximum absolute atomic E-state index is 13.5. The molecule has 3 aromatic carbocycles. The Kier molecular flexibility index (Phi) is 5.46. The quantitative estimate of drug-likeness (QED) is 0.440. The van der Waals surface area contributed by atoms with Gasteiger partial charge in [-0.2, -0.15) is 0 Å². The minimum Gasteiger partial charge on any atom is -0.259 e. The number of para-hydroxylation sites is 1. The standard InChI is InChI=1S/C21H20N2O4S/c1-16-7-6-8-18(15-16)17(2)22(19-9-4-3-5-10-19)28(26,27)21-13-11-20(12-14-21)23(24)25/h3-15,17H,1-2H3/t17-/m1/s1. The maximum atomic E-state index is 13.5. The first-order valence-electron chi connectivity index (χ1n) is 8.71. The van der Waals surface area contributed by atoms with Gasteiger partial charge in [-0.25, -0.2) is 8.42 Å². The fourth-order valence-corrected chi connectivity index (χ4v) is 4.71. The largest absolute Gasteiger partial charge is 0.269 e. The van der Waals surface area contributed by atoms with Gasteiger partial charge in [-0.05, 0) is 43.7 Å². The normalized spacial score (nSPS) is 12.4. The second kappa shape index (κ2) is 7.82. The molecule has 0 saturated heterocycles. The van der Waals surface area contributed by atoms with Crippen molar-refractivity contribution in [1.29, 1.82) is 0 Å². The van der Waals surface area contributed by atoms with E-state index in [1.807, 2.05) is 44.2 Å². The van der Waals surface area contributed by atoms with Gasteiger partial charge in [-0.3, -0.25) is 14.4 Å². The van der Waals surface area contributed by atoms with Crippen LogP contribution in [0.2, 0.25) is 0 Å². The summed E-state index contributed by atoms with van der Waals surface area (Å²) in [6.07, 6.45) is 0. The minimum atomic E-state index is -3.95. The number of non-ortho nitro benzene ring substituents is 1. The molecule has 0 aromatic heterocycles. The molecule has 0 aliphatic heterocycles. The predicted octanol–water partition coefficient (Wildman–Crippen LogP) is 4.86. The van der Waals surface area contributed by atoms with E-state index in [4.69, 9.17) is 0 Å². The summed E-state index contributed by atoms with van der Waals surface area (Å²) in [6, 6.07) is 21.0. The third-order valence-corrected chi connectivity index (χ3v) is 6.40. The lowest BCUT2D eigenvalue weighted by atomic mass is 10.1. The van der Waals surface area contributed by atoms with Crippen LogP contribution in [0, 0.1) is 17.0 Å². The molecule has 0 aliphatic rings. The van der Waals surface area contributed by atoms with Gasteiger partial charge in [0.25, 0.3) is 15.7 Å². The van der Waals surface area contributed by atoms with Gasteiger partial charge in [0.15, 0.2) is 0 Å². The van der Waals surface area contributed by atoms with E-state index in [1.165, 1.54) is 28.6 Å². The number of sulfonamides is 1. The first-order chi connectivity index (χ1) is 13.3. The van der Waals surface area contributed by atoms with Crippen LogP contribution in [-0.2, 0) is 10.0 Å². The molecule has 0 fully saturated rings. The van der Waals surface area contributed by atoms with Crippen molar-refractivity contribution in [1.82, 2.24) is 0 Å². The van der Waals surface area contributed by atoms with Gasteiger partial charge in [0.2, 0.25) is 0 Å². The molecule has 0 bridgehead atoms. The van der Waals surface area contributed by atoms with Crippen molar-refractivity contribution in [3.8, 4) is 0 Å². The Hall–Kier alpha value is -3.19. The maximum Gasteiger partial charge on any atom is 0.269 e. The Bertz CT molecular complexity index is 1080. The number of benzene rings is 3. The summed E-state index contributed by atoms with van der Waals surface area (Å²) in [6.45, 7) is 3.78. The van der Waals surface area contributed by atoms with Crippen LogP contribution in [0.1, 0.15) is 24.1 Å². The topological polar surface area (TPSA) is 80.5 Å². The van der Waals surface area contributed by atoms with Crippen LogP contribution >= 0.6 is 0 Å². The second-order valence-electron chi connectivity index (χ2n) is 6.48. The molecule has 6 nitrogen and oxygen atoms in total. The number of nitro benzene ring substituents is 1. The van der Waals surface area contributed by atoms with Crippen molar-refractivity contribution < 1.29 is 13.3 Å². The lowest BCUT2D eigenvalue weighted by Crippen LogP contribution is -2.33. The number of anilines is 1. The monoisotopic (exact) mass is 396 g/mol. The van der Waals surface area contributed by atoms with Crippen LogP contribution < -0.4 is 4.31 Å². The first kappa shape index (κ1) is 19.6. The van der Waals surface area contributed by atoms with E-state index in [0.29, 0.717) is 5.69 Å². The summed E-state index contributed by atoms with van der Waals surface area (Å²) in [5.74, 6) is 0. The van der Waals surface area contributed by atoms with E-state index < -0.39 is 21.0 Å². The molecule has 0 radical (unpaired) electrons. The van der Waals surface area contributed by atoms with E-state index in [1.54, 1.807) is 24.3 Å². The van der Waals surface area contributed by atoms with E-state index in [0.717, 1.165) is 11.1 Å². The molecule has 0 spiro atoms. The molecule has 3 rings (SSSR count). The zero-order valence-corrected chi connectivity index (χ0v) is 16.3. The van der Waals surface area contributed by atoms with Crippen molar-refractivity contribution in [2.75, 3.05) is 4.31 Å². The van der Waals surface area contributed by atoms with Gasteiger partial charge < -0.3 is 0 Å². The summed E-state index contributed by atoms with van der Waals surface area (Å²) in [7, 11) is -3.95. The summed E-state index contributed by atoms with van der Waals surface area (Å²) in [4.78, 5) is 10.3. The molecule has 3 aromatic rings. The molecule has 1 atom stereocenters. The van der Waals surface area contributed by atoms with E-state index in [-0.39, 0.29) is 10.6 Å². The van der Waals surface area contributed by atoms with Gasteiger partial charge in [-0.1, -0.05) is 48.0 Å². The Morgan fingerprint density at radius 3 is 2.14 bits per heavy atom. The van der Waals surface area contributed by atoms with Crippen molar-refractivity contribution >= 4 is 21.4 Å². The minimum absolute atomic E-state index is 0.00135. The summed E-state index contributed by atoms with van der Waals surface area (Å²) < 4.78 is 28.3. The highest BCUT2D eigenvalue weighted by molar-refractivity contribution is 7.92. The van der Waals surface area contributed by atoms with Crippen molar-refractivity contribution in [3.05, 3.63) is 100 Å². The second-order valence-corrected chi connectivity index (χ2v) is 8.29. The van der Waals surface area contributed by atoms with Crippen LogP contribution in [0.15, 0.2) is 83.8 Å². The van der Waals surface area contributed by atoms with E-state index in [2.05, 4.69) is 0 Å². The van der Waals surface area contributed by atoms with E-state index >= 15 is 0 Å². The number of aryl methyl sites for hydroxylation is 1.